The predicted molar refractivity (Wildman–Crippen MR) is 128 cm³/mol. The van der Waals surface area contributed by atoms with E-state index in [1.54, 1.807) is 30.3 Å². The summed E-state index contributed by atoms with van der Waals surface area (Å²) in [5, 5.41) is 5.13. The van der Waals surface area contributed by atoms with Crippen LogP contribution in [0.3, 0.4) is 0 Å². The van der Waals surface area contributed by atoms with Crippen LogP contribution in [0.5, 0.6) is 0 Å². The quantitative estimate of drug-likeness (QED) is 0.379. The van der Waals surface area contributed by atoms with E-state index in [1.165, 1.54) is 17.0 Å². The van der Waals surface area contributed by atoms with Crippen molar-refractivity contribution in [2.45, 2.75) is 31.8 Å². The number of hydrogen-bond donors (Lipinski definition) is 0. The molecule has 7 heteroatoms. The van der Waals surface area contributed by atoms with E-state index in [0.29, 0.717) is 16.7 Å². The molecule has 0 bridgehead atoms. The minimum atomic E-state index is -0.319. The molecule has 2 amide bonds. The third kappa shape index (κ3) is 4.02. The van der Waals surface area contributed by atoms with E-state index in [2.05, 4.69) is 22.2 Å². The molecule has 35 heavy (non-hydrogen) atoms. The van der Waals surface area contributed by atoms with Crippen LogP contribution in [-0.2, 0) is 13.1 Å². The van der Waals surface area contributed by atoms with Gasteiger partial charge in [-0.25, -0.2) is 4.39 Å². The number of benzene rings is 3. The van der Waals surface area contributed by atoms with E-state index in [0.717, 1.165) is 54.7 Å². The minimum absolute atomic E-state index is 0.235. The molecule has 0 aliphatic carbocycles. The van der Waals surface area contributed by atoms with Crippen molar-refractivity contribution in [1.82, 2.24) is 15.0 Å². The summed E-state index contributed by atoms with van der Waals surface area (Å²) in [6, 6.07) is 19.7. The molecular weight excluding hydrogens is 445 g/mol. The van der Waals surface area contributed by atoms with Gasteiger partial charge in [0.2, 0.25) is 0 Å². The lowest BCUT2D eigenvalue weighted by atomic mass is 9.91. The molecule has 176 valence electrons. The Morgan fingerprint density at radius 1 is 0.857 bits per heavy atom. The first-order chi connectivity index (χ1) is 17.1. The molecule has 1 saturated heterocycles. The number of carbonyl (C=O) groups is 2. The topological polar surface area (TPSA) is 66.7 Å². The van der Waals surface area contributed by atoms with Gasteiger partial charge in [-0.1, -0.05) is 41.6 Å². The van der Waals surface area contributed by atoms with Crippen molar-refractivity contribution in [3.8, 4) is 0 Å². The Morgan fingerprint density at radius 3 is 2.26 bits per heavy atom. The summed E-state index contributed by atoms with van der Waals surface area (Å²) in [7, 11) is 0. The molecule has 0 radical (unpaired) electrons. The monoisotopic (exact) mass is 469 g/mol. The molecule has 3 heterocycles. The lowest BCUT2D eigenvalue weighted by molar-refractivity contribution is 0.0642. The Kier molecular flexibility index (Phi) is 5.41. The maximum Gasteiger partial charge on any atom is 0.261 e. The van der Waals surface area contributed by atoms with Crippen molar-refractivity contribution < 1.29 is 18.5 Å². The van der Waals surface area contributed by atoms with Crippen molar-refractivity contribution in [3.05, 3.63) is 100 Å². The number of piperidine rings is 1. The zero-order valence-electron chi connectivity index (χ0n) is 19.1. The number of imide groups is 1. The van der Waals surface area contributed by atoms with Crippen LogP contribution in [0, 0.1) is 5.82 Å². The van der Waals surface area contributed by atoms with Crippen LogP contribution in [0.2, 0.25) is 0 Å². The van der Waals surface area contributed by atoms with Crippen molar-refractivity contribution in [2.24, 2.45) is 0 Å². The van der Waals surface area contributed by atoms with Gasteiger partial charge in [-0.05, 0) is 61.3 Å². The second-order valence-corrected chi connectivity index (χ2v) is 9.32. The highest BCUT2D eigenvalue weighted by molar-refractivity contribution is 6.21. The molecule has 4 aromatic rings. The third-order valence-electron chi connectivity index (χ3n) is 7.05. The molecule has 0 unspecified atom stereocenters. The fraction of sp³-hybridized carbons (Fsp3) is 0.250. The highest BCUT2D eigenvalue weighted by atomic mass is 19.1. The maximum atomic E-state index is 13.5. The summed E-state index contributed by atoms with van der Waals surface area (Å²) < 4.78 is 18.8. The average molecular weight is 470 g/mol. The van der Waals surface area contributed by atoms with Gasteiger partial charge in [0.25, 0.3) is 11.8 Å². The van der Waals surface area contributed by atoms with Crippen molar-refractivity contribution in [2.75, 3.05) is 13.1 Å². The van der Waals surface area contributed by atoms with Gasteiger partial charge in [0, 0.05) is 23.9 Å². The number of carbonyl (C=O) groups excluding carboxylic acids is 2. The van der Waals surface area contributed by atoms with Gasteiger partial charge in [-0.2, -0.15) is 0 Å². The van der Waals surface area contributed by atoms with E-state index in [4.69, 9.17) is 4.52 Å². The Labute approximate surface area is 201 Å². The summed E-state index contributed by atoms with van der Waals surface area (Å²) in [5.74, 6) is -0.499. The van der Waals surface area contributed by atoms with Crippen molar-refractivity contribution >= 4 is 22.8 Å². The summed E-state index contributed by atoms with van der Waals surface area (Å²) in [5.41, 5.74) is 4.45. The van der Waals surface area contributed by atoms with Gasteiger partial charge in [-0.3, -0.25) is 19.4 Å². The van der Waals surface area contributed by atoms with Gasteiger partial charge in [0.1, 0.15) is 5.82 Å². The molecule has 3 aromatic carbocycles. The molecule has 6 nitrogen and oxygen atoms in total. The van der Waals surface area contributed by atoms with E-state index in [1.807, 2.05) is 12.1 Å². The molecular formula is C28H24FN3O3. The van der Waals surface area contributed by atoms with Gasteiger partial charge >= 0.3 is 0 Å². The first-order valence-corrected chi connectivity index (χ1v) is 11.9. The molecule has 1 aromatic heterocycles. The third-order valence-corrected chi connectivity index (χ3v) is 7.05. The summed E-state index contributed by atoms with van der Waals surface area (Å²) in [4.78, 5) is 29.1. The predicted octanol–water partition coefficient (Wildman–Crippen LogP) is 5.14. The number of amides is 2. The lowest BCUT2D eigenvalue weighted by Crippen LogP contribution is -2.32. The molecule has 0 atom stereocenters. The van der Waals surface area contributed by atoms with E-state index in [9.17, 15) is 14.0 Å². The maximum absolute atomic E-state index is 13.5. The summed E-state index contributed by atoms with van der Waals surface area (Å²) in [6.45, 7) is 2.90. The zero-order valence-corrected chi connectivity index (χ0v) is 19.1. The Bertz CT molecular complexity index is 1400. The SMILES string of the molecule is O=C1c2ccccc2C(=O)N1Cc1cccc(CN2CCC(c3noc4cc(F)ccc34)CC2)c1. The van der Waals surface area contributed by atoms with Crippen LogP contribution in [0.25, 0.3) is 11.0 Å². The number of nitrogens with zero attached hydrogens (tertiary/aromatic N) is 3. The molecule has 2 aliphatic rings. The number of aromatic nitrogens is 1. The van der Waals surface area contributed by atoms with Gasteiger partial charge in [0.05, 0.1) is 23.4 Å². The van der Waals surface area contributed by atoms with Crippen molar-refractivity contribution in [1.29, 1.82) is 0 Å². The number of likely N-dealkylation sites (tertiary alicyclic amines) is 1. The van der Waals surface area contributed by atoms with Crippen LogP contribution in [0.15, 0.2) is 71.3 Å². The van der Waals surface area contributed by atoms with E-state index < -0.39 is 0 Å². The average Bonchev–Trinajstić information content (AvgIpc) is 3.39. The second kappa shape index (κ2) is 8.74. The molecule has 0 N–H and O–H groups in total. The smallest absolute Gasteiger partial charge is 0.261 e. The Hall–Kier alpha value is -3.84. The number of fused-ring (bicyclic) bond motifs is 2. The lowest BCUT2D eigenvalue weighted by Gasteiger charge is -2.31. The molecule has 0 saturated carbocycles. The van der Waals surface area contributed by atoms with Gasteiger partial charge in [0.15, 0.2) is 5.58 Å². The highest BCUT2D eigenvalue weighted by Crippen LogP contribution is 2.33. The molecule has 2 aliphatic heterocycles. The van der Waals surface area contributed by atoms with Gasteiger partial charge < -0.3 is 4.52 Å². The normalized spacial score (nSPS) is 16.9. The van der Waals surface area contributed by atoms with Gasteiger partial charge in [-0.15, -0.1) is 0 Å². The first kappa shape index (κ1) is 21.7. The van der Waals surface area contributed by atoms with Crippen LogP contribution in [-0.4, -0.2) is 39.9 Å². The van der Waals surface area contributed by atoms with E-state index in [-0.39, 0.29) is 30.1 Å². The number of halogens is 1. The fourth-order valence-electron chi connectivity index (χ4n) is 5.24. The van der Waals surface area contributed by atoms with E-state index >= 15 is 0 Å². The molecule has 6 rings (SSSR count). The minimum Gasteiger partial charge on any atom is -0.356 e. The van der Waals surface area contributed by atoms with Crippen LogP contribution >= 0.6 is 0 Å². The number of rotatable bonds is 5. The molecule has 0 spiro atoms. The number of hydrogen-bond acceptors (Lipinski definition) is 5. The first-order valence-electron chi connectivity index (χ1n) is 11.9. The van der Waals surface area contributed by atoms with Crippen LogP contribution in [0.1, 0.15) is 56.3 Å². The summed E-state index contributed by atoms with van der Waals surface area (Å²) >= 11 is 0. The highest BCUT2D eigenvalue weighted by Gasteiger charge is 2.35. The van der Waals surface area contributed by atoms with Crippen LogP contribution in [0.4, 0.5) is 4.39 Å². The fourth-order valence-corrected chi connectivity index (χ4v) is 5.24. The van der Waals surface area contributed by atoms with Crippen LogP contribution < -0.4 is 0 Å². The Morgan fingerprint density at radius 2 is 1.54 bits per heavy atom. The molecule has 1 fully saturated rings. The standard InChI is InChI=1S/C28H24FN3O3/c29-21-8-9-24-25(15-21)35-30-26(24)20-10-12-31(13-11-20)16-18-4-3-5-19(14-18)17-32-27(33)22-6-1-2-7-23(22)28(32)34/h1-9,14-15,20H,10-13,16-17H2. The Balaban J connectivity index is 1.10. The largest absolute Gasteiger partial charge is 0.356 e. The summed E-state index contributed by atoms with van der Waals surface area (Å²) in [6.07, 6.45) is 1.90. The second-order valence-electron chi connectivity index (χ2n) is 9.32. The van der Waals surface area contributed by atoms with Crippen molar-refractivity contribution in [3.63, 3.8) is 0 Å². The zero-order chi connectivity index (χ0) is 23.9.